The minimum atomic E-state index is -5.08. The number of benzene rings is 1. The van der Waals surface area contributed by atoms with E-state index in [0.29, 0.717) is 13.0 Å². The number of nitrogens with one attached hydrogen (secondary N) is 1. The Hall–Kier alpha value is -4.14. The van der Waals surface area contributed by atoms with Gasteiger partial charge in [0.2, 0.25) is 0 Å². The molecule has 42 heavy (non-hydrogen) atoms. The minimum Gasteiger partial charge on any atom is -0.478 e. The summed E-state index contributed by atoms with van der Waals surface area (Å²) >= 11 is 0. The van der Waals surface area contributed by atoms with Crippen LogP contribution in [-0.4, -0.2) is 65.1 Å². The van der Waals surface area contributed by atoms with Crippen LogP contribution in [0, 0.1) is 13.8 Å². The Morgan fingerprint density at radius 1 is 1.12 bits per heavy atom. The molecule has 1 aromatic carbocycles. The standard InChI is InChI=1S/C25H33N5O4S.C2HF3O2/c1-7-30-18(5)22(17(4)27-30)12-13-29(6)24-23(25(31)32)14-20(15-26-24)28-35(33,34)21-10-8-19(9-11-21)16(2)3;3-2(4,5)1(6)7/h8-11,14-16,28H,7,12-13H2,1-6H3,(H,31,32);(H,6,7). The van der Waals surface area contributed by atoms with Crippen molar-refractivity contribution in [2.75, 3.05) is 23.2 Å². The van der Waals surface area contributed by atoms with E-state index in [1.54, 1.807) is 24.1 Å². The molecule has 0 bridgehead atoms. The van der Waals surface area contributed by atoms with Crippen LogP contribution in [0.4, 0.5) is 24.7 Å². The quantitative estimate of drug-likeness (QED) is 0.291. The number of aromatic nitrogens is 3. The topological polar surface area (TPSA) is 155 Å². The lowest BCUT2D eigenvalue weighted by Gasteiger charge is -2.21. The molecule has 11 nitrogen and oxygen atoms in total. The molecule has 0 atom stereocenters. The van der Waals surface area contributed by atoms with Crippen LogP contribution in [0.25, 0.3) is 0 Å². The predicted octanol–water partition coefficient (Wildman–Crippen LogP) is 4.85. The maximum Gasteiger partial charge on any atom is 0.490 e. The molecule has 2 heterocycles. The number of halogens is 3. The van der Waals surface area contributed by atoms with Gasteiger partial charge < -0.3 is 15.1 Å². The fraction of sp³-hybridized carbons (Fsp3) is 0.407. The average Bonchev–Trinajstić information content (AvgIpc) is 3.18. The summed E-state index contributed by atoms with van der Waals surface area (Å²) in [4.78, 5) is 27.0. The number of anilines is 2. The van der Waals surface area contributed by atoms with Crippen molar-refractivity contribution in [3.8, 4) is 0 Å². The number of aromatic carboxylic acids is 1. The fourth-order valence-electron chi connectivity index (χ4n) is 4.01. The third-order valence-electron chi connectivity index (χ3n) is 6.34. The molecular weight excluding hydrogens is 579 g/mol. The number of likely N-dealkylation sites (N-methyl/N-ethyl adjacent to an activating group) is 1. The first-order valence-electron chi connectivity index (χ1n) is 12.8. The van der Waals surface area contributed by atoms with E-state index in [1.165, 1.54) is 24.4 Å². The van der Waals surface area contributed by atoms with E-state index in [2.05, 4.69) is 14.8 Å². The number of sulfonamides is 1. The number of hydrogen-bond donors (Lipinski definition) is 3. The Balaban J connectivity index is 0.000000782. The highest BCUT2D eigenvalue weighted by Gasteiger charge is 2.38. The summed E-state index contributed by atoms with van der Waals surface area (Å²) < 4.78 is 61.8. The van der Waals surface area contributed by atoms with Gasteiger partial charge in [0, 0.05) is 25.8 Å². The Kier molecular flexibility index (Phi) is 11.1. The second-order valence-electron chi connectivity index (χ2n) is 9.67. The highest BCUT2D eigenvalue weighted by molar-refractivity contribution is 7.92. The summed E-state index contributed by atoms with van der Waals surface area (Å²) in [6.45, 7) is 11.4. The number of hydrogen-bond acceptors (Lipinski definition) is 7. The van der Waals surface area contributed by atoms with Gasteiger partial charge in [-0.05, 0) is 62.4 Å². The second kappa shape index (κ2) is 13.7. The molecule has 0 aliphatic heterocycles. The van der Waals surface area contributed by atoms with E-state index in [4.69, 9.17) is 9.90 Å². The number of carboxylic acid groups (broad SMARTS) is 2. The van der Waals surface area contributed by atoms with Gasteiger partial charge in [-0.25, -0.2) is 23.0 Å². The zero-order chi connectivity index (χ0) is 32.0. The van der Waals surface area contributed by atoms with Gasteiger partial charge in [0.05, 0.1) is 22.5 Å². The number of aryl methyl sites for hydroxylation is 2. The third kappa shape index (κ3) is 8.68. The van der Waals surface area contributed by atoms with Crippen LogP contribution in [0.1, 0.15) is 59.6 Å². The molecule has 0 radical (unpaired) electrons. The Morgan fingerprint density at radius 3 is 2.14 bits per heavy atom. The largest absolute Gasteiger partial charge is 0.490 e. The van der Waals surface area contributed by atoms with Crippen LogP contribution >= 0.6 is 0 Å². The van der Waals surface area contributed by atoms with Gasteiger partial charge in [-0.1, -0.05) is 26.0 Å². The molecule has 0 saturated heterocycles. The SMILES string of the molecule is CCn1nc(C)c(CCN(C)c2ncc(NS(=O)(=O)c3ccc(C(C)C)cc3)cc2C(=O)O)c1C.O=C(O)C(F)(F)F. The maximum atomic E-state index is 12.8. The van der Waals surface area contributed by atoms with E-state index in [9.17, 15) is 31.5 Å². The molecule has 3 rings (SSSR count). The first-order chi connectivity index (χ1) is 19.4. The summed E-state index contributed by atoms with van der Waals surface area (Å²) in [5, 5.41) is 21.4. The van der Waals surface area contributed by atoms with Gasteiger partial charge in [-0.3, -0.25) is 9.40 Å². The minimum absolute atomic E-state index is 0.0828. The van der Waals surface area contributed by atoms with Crippen LogP contribution in [0.15, 0.2) is 41.4 Å². The summed E-state index contributed by atoms with van der Waals surface area (Å²) in [6, 6.07) is 7.91. The molecule has 0 saturated carbocycles. The van der Waals surface area contributed by atoms with Gasteiger partial charge in [0.25, 0.3) is 10.0 Å². The number of rotatable bonds is 10. The van der Waals surface area contributed by atoms with E-state index in [1.807, 2.05) is 39.3 Å². The molecule has 3 aromatic rings. The summed E-state index contributed by atoms with van der Waals surface area (Å²) in [7, 11) is -2.13. The molecule has 0 spiro atoms. The number of nitrogens with zero attached hydrogens (tertiary/aromatic N) is 4. The molecular formula is C27H34F3N5O6S. The molecule has 0 aliphatic rings. The number of carboxylic acids is 2. The Morgan fingerprint density at radius 2 is 1.69 bits per heavy atom. The van der Waals surface area contributed by atoms with Crippen LogP contribution in [0.5, 0.6) is 0 Å². The lowest BCUT2D eigenvalue weighted by molar-refractivity contribution is -0.192. The van der Waals surface area contributed by atoms with Crippen molar-refractivity contribution < 1.29 is 41.4 Å². The van der Waals surface area contributed by atoms with Gasteiger partial charge in [-0.15, -0.1) is 0 Å². The molecule has 230 valence electrons. The normalized spacial score (nSPS) is 11.6. The Bertz CT molecular complexity index is 1520. The van der Waals surface area contributed by atoms with Crippen molar-refractivity contribution in [1.82, 2.24) is 14.8 Å². The molecule has 0 unspecified atom stereocenters. The number of alkyl halides is 3. The first-order valence-corrected chi connectivity index (χ1v) is 14.3. The van der Waals surface area contributed by atoms with Crippen molar-refractivity contribution >= 4 is 33.5 Å². The summed E-state index contributed by atoms with van der Waals surface area (Å²) in [5.41, 5.74) is 4.21. The van der Waals surface area contributed by atoms with Crippen LogP contribution < -0.4 is 9.62 Å². The van der Waals surface area contributed by atoms with Crippen molar-refractivity contribution in [2.45, 2.75) is 64.6 Å². The second-order valence-corrected chi connectivity index (χ2v) is 11.4. The van der Waals surface area contributed by atoms with Gasteiger partial charge in [-0.2, -0.15) is 18.3 Å². The van der Waals surface area contributed by atoms with E-state index in [-0.39, 0.29) is 27.9 Å². The lowest BCUT2D eigenvalue weighted by atomic mass is 10.0. The molecule has 0 aliphatic carbocycles. The summed E-state index contributed by atoms with van der Waals surface area (Å²) in [5.74, 6) is -3.40. The molecule has 3 N–H and O–H groups in total. The van der Waals surface area contributed by atoms with E-state index in [0.717, 1.165) is 29.1 Å². The van der Waals surface area contributed by atoms with Gasteiger partial charge in [0.1, 0.15) is 11.4 Å². The molecule has 2 aromatic heterocycles. The lowest BCUT2D eigenvalue weighted by Crippen LogP contribution is -2.24. The third-order valence-corrected chi connectivity index (χ3v) is 7.74. The average molecular weight is 614 g/mol. The van der Waals surface area contributed by atoms with E-state index < -0.39 is 28.1 Å². The smallest absolute Gasteiger partial charge is 0.478 e. The highest BCUT2D eigenvalue weighted by Crippen LogP contribution is 2.25. The van der Waals surface area contributed by atoms with Crippen molar-refractivity contribution in [1.29, 1.82) is 0 Å². The molecule has 0 amide bonds. The fourth-order valence-corrected chi connectivity index (χ4v) is 5.04. The Labute approximate surface area is 242 Å². The van der Waals surface area contributed by atoms with Crippen LogP contribution in [-0.2, 0) is 27.8 Å². The van der Waals surface area contributed by atoms with Crippen molar-refractivity contribution in [2.24, 2.45) is 0 Å². The van der Waals surface area contributed by atoms with Crippen LogP contribution in [0.2, 0.25) is 0 Å². The molecule has 15 heteroatoms. The van der Waals surface area contributed by atoms with Gasteiger partial charge in [0.15, 0.2) is 0 Å². The van der Waals surface area contributed by atoms with Crippen molar-refractivity contribution in [3.63, 3.8) is 0 Å². The van der Waals surface area contributed by atoms with Crippen molar-refractivity contribution in [3.05, 3.63) is 64.6 Å². The summed E-state index contributed by atoms with van der Waals surface area (Å²) in [6.07, 6.45) is -3.07. The monoisotopic (exact) mass is 613 g/mol. The number of aliphatic carboxylic acids is 1. The zero-order valence-corrected chi connectivity index (χ0v) is 24.8. The highest BCUT2D eigenvalue weighted by atomic mass is 32.2. The number of pyridine rings is 1. The maximum absolute atomic E-state index is 12.8. The number of carbonyl (C=O) groups is 2. The van der Waals surface area contributed by atoms with Crippen LogP contribution in [0.3, 0.4) is 0 Å². The zero-order valence-electron chi connectivity index (χ0n) is 24.0. The predicted molar refractivity (Wildman–Crippen MR) is 151 cm³/mol. The van der Waals surface area contributed by atoms with Gasteiger partial charge >= 0.3 is 18.1 Å². The van der Waals surface area contributed by atoms with E-state index >= 15 is 0 Å². The molecule has 0 fully saturated rings. The first kappa shape index (κ1) is 34.1.